The van der Waals surface area contributed by atoms with Gasteiger partial charge in [0.05, 0.1) is 12.3 Å². The topological polar surface area (TPSA) is 39.2 Å². The smallest absolute Gasteiger partial charge is 0.167 e. The largest absolute Gasteiger partial charge is 0.489 e. The van der Waals surface area contributed by atoms with Gasteiger partial charge in [0.15, 0.2) is 5.78 Å². The predicted molar refractivity (Wildman–Crippen MR) is 73.3 cm³/mol. The first-order valence-corrected chi connectivity index (χ1v) is 7.29. The minimum atomic E-state index is 0.106. The molecule has 102 valence electrons. The molecule has 3 nitrogen and oxygen atoms in total. The molecule has 3 unspecified atom stereocenters. The first-order chi connectivity index (χ1) is 9.13. The first kappa shape index (κ1) is 12.6. The summed E-state index contributed by atoms with van der Waals surface area (Å²) in [5.74, 6) is 2.61. The molecule has 3 rings (SSSR count). The van der Waals surface area contributed by atoms with Gasteiger partial charge in [0.1, 0.15) is 5.75 Å². The fourth-order valence-electron chi connectivity index (χ4n) is 3.67. The van der Waals surface area contributed by atoms with Crippen LogP contribution < -0.4 is 4.74 Å². The van der Waals surface area contributed by atoms with Gasteiger partial charge in [-0.15, -0.1) is 0 Å². The van der Waals surface area contributed by atoms with E-state index in [1.165, 1.54) is 19.3 Å². The molecule has 1 aromatic heterocycles. The third-order valence-corrected chi connectivity index (χ3v) is 4.44. The number of hydrogen-bond donors (Lipinski definition) is 0. The number of pyridine rings is 1. The molecule has 1 heterocycles. The lowest BCUT2D eigenvalue weighted by Gasteiger charge is -2.20. The Kier molecular flexibility index (Phi) is 3.29. The fraction of sp³-hybridized carbons (Fsp3) is 0.625. The third kappa shape index (κ3) is 2.51. The first-order valence-electron chi connectivity index (χ1n) is 7.29. The third-order valence-electron chi connectivity index (χ3n) is 4.44. The summed E-state index contributed by atoms with van der Waals surface area (Å²) >= 11 is 0. The van der Waals surface area contributed by atoms with Crippen molar-refractivity contribution < 1.29 is 9.53 Å². The highest BCUT2D eigenvalue weighted by atomic mass is 16.5. The van der Waals surface area contributed by atoms with Gasteiger partial charge in [0, 0.05) is 17.7 Å². The van der Waals surface area contributed by atoms with Crippen molar-refractivity contribution >= 4 is 5.78 Å². The van der Waals surface area contributed by atoms with E-state index in [2.05, 4.69) is 4.98 Å². The molecule has 0 saturated heterocycles. The van der Waals surface area contributed by atoms with Crippen LogP contribution in [0, 0.1) is 17.8 Å². The van der Waals surface area contributed by atoms with E-state index < -0.39 is 0 Å². The number of ether oxygens (including phenoxy) is 1. The van der Waals surface area contributed by atoms with Gasteiger partial charge in [0.2, 0.25) is 0 Å². The molecule has 2 saturated carbocycles. The summed E-state index contributed by atoms with van der Waals surface area (Å²) in [7, 11) is 0. The summed E-state index contributed by atoms with van der Waals surface area (Å²) in [6.07, 6.45) is 8.36. The Morgan fingerprint density at radius 2 is 2.16 bits per heavy atom. The molecule has 0 aliphatic heterocycles. The molecule has 0 amide bonds. The number of hydrogen-bond acceptors (Lipinski definition) is 3. The molecular weight excluding hydrogens is 238 g/mol. The molecular formula is C16H21NO2. The van der Waals surface area contributed by atoms with E-state index in [1.54, 1.807) is 12.4 Å². The highest BCUT2D eigenvalue weighted by Crippen LogP contribution is 2.49. The number of fused-ring (bicyclic) bond motifs is 2. The zero-order valence-corrected chi connectivity index (χ0v) is 11.6. The Labute approximate surface area is 114 Å². The molecule has 3 heteroatoms. The van der Waals surface area contributed by atoms with Crippen molar-refractivity contribution in [2.45, 2.75) is 45.6 Å². The Morgan fingerprint density at radius 3 is 2.79 bits per heavy atom. The molecule has 2 aliphatic rings. The van der Waals surface area contributed by atoms with Crippen LogP contribution in [0.15, 0.2) is 18.5 Å². The zero-order valence-electron chi connectivity index (χ0n) is 11.6. The maximum absolute atomic E-state index is 12.6. The van der Waals surface area contributed by atoms with Crippen LogP contribution in [0.3, 0.4) is 0 Å². The molecule has 2 fully saturated rings. The fourth-order valence-corrected chi connectivity index (χ4v) is 3.67. The highest BCUT2D eigenvalue weighted by molar-refractivity contribution is 5.98. The summed E-state index contributed by atoms with van der Waals surface area (Å²) in [4.78, 5) is 16.7. The molecule has 2 bridgehead atoms. The number of aromatic nitrogens is 1. The summed E-state index contributed by atoms with van der Waals surface area (Å²) in [6.45, 7) is 3.95. The second-order valence-electron chi connectivity index (χ2n) is 6.22. The number of rotatable bonds is 4. The maximum atomic E-state index is 12.6. The molecule has 0 aromatic carbocycles. The van der Waals surface area contributed by atoms with Gasteiger partial charge in [-0.05, 0) is 51.0 Å². The lowest BCUT2D eigenvalue weighted by Crippen LogP contribution is -2.21. The minimum Gasteiger partial charge on any atom is -0.489 e. The number of nitrogens with zero attached hydrogens (tertiary/aromatic N) is 1. The summed E-state index contributed by atoms with van der Waals surface area (Å²) < 4.78 is 5.61. The van der Waals surface area contributed by atoms with Crippen LogP contribution >= 0.6 is 0 Å². The quantitative estimate of drug-likeness (QED) is 0.777. The lowest BCUT2D eigenvalue weighted by atomic mass is 9.83. The van der Waals surface area contributed by atoms with Crippen LogP contribution in [0.1, 0.15) is 49.9 Å². The van der Waals surface area contributed by atoms with Gasteiger partial charge in [-0.3, -0.25) is 9.78 Å². The van der Waals surface area contributed by atoms with Crippen LogP contribution in [0.5, 0.6) is 5.75 Å². The van der Waals surface area contributed by atoms with E-state index in [0.717, 1.165) is 17.9 Å². The van der Waals surface area contributed by atoms with Crippen molar-refractivity contribution in [3.05, 3.63) is 24.0 Å². The van der Waals surface area contributed by atoms with Gasteiger partial charge >= 0.3 is 0 Å². The summed E-state index contributed by atoms with van der Waals surface area (Å²) in [6, 6.07) is 1.85. The molecule has 2 aliphatic carbocycles. The second kappa shape index (κ2) is 4.95. The van der Waals surface area contributed by atoms with Crippen molar-refractivity contribution in [3.8, 4) is 5.75 Å². The van der Waals surface area contributed by atoms with Crippen molar-refractivity contribution in [1.29, 1.82) is 0 Å². The van der Waals surface area contributed by atoms with Crippen LogP contribution in [0.2, 0.25) is 0 Å². The number of carbonyl (C=O) groups excluding carboxylic acids is 1. The average molecular weight is 259 g/mol. The Morgan fingerprint density at radius 1 is 1.32 bits per heavy atom. The molecule has 1 aromatic rings. The SMILES string of the molecule is CC(C)Oc1cncc(C(=O)C2CC3CCC2C3)c1. The van der Waals surface area contributed by atoms with E-state index in [1.807, 2.05) is 19.9 Å². The lowest BCUT2D eigenvalue weighted by molar-refractivity contribution is 0.0873. The van der Waals surface area contributed by atoms with Crippen LogP contribution in [0.25, 0.3) is 0 Å². The van der Waals surface area contributed by atoms with Crippen LogP contribution in [-0.2, 0) is 0 Å². The molecule has 0 N–H and O–H groups in total. The van der Waals surface area contributed by atoms with Gasteiger partial charge in [-0.25, -0.2) is 0 Å². The standard InChI is InChI=1S/C16H21NO2/c1-10(2)19-14-7-13(8-17-9-14)16(18)15-6-11-3-4-12(15)5-11/h7-12,15H,3-6H2,1-2H3. The van der Waals surface area contributed by atoms with E-state index in [4.69, 9.17) is 4.74 Å². The number of carbonyl (C=O) groups is 1. The average Bonchev–Trinajstić information content (AvgIpc) is 2.99. The van der Waals surface area contributed by atoms with Crippen LogP contribution in [0.4, 0.5) is 0 Å². The van der Waals surface area contributed by atoms with E-state index in [0.29, 0.717) is 11.7 Å². The maximum Gasteiger partial charge on any atom is 0.167 e. The summed E-state index contributed by atoms with van der Waals surface area (Å²) in [5.41, 5.74) is 0.718. The van der Waals surface area contributed by atoms with Crippen molar-refractivity contribution in [3.63, 3.8) is 0 Å². The van der Waals surface area contributed by atoms with Gasteiger partial charge in [-0.1, -0.05) is 6.42 Å². The zero-order chi connectivity index (χ0) is 13.4. The molecule has 3 atom stereocenters. The molecule has 19 heavy (non-hydrogen) atoms. The second-order valence-corrected chi connectivity index (χ2v) is 6.22. The van der Waals surface area contributed by atoms with Gasteiger partial charge in [-0.2, -0.15) is 0 Å². The van der Waals surface area contributed by atoms with Crippen molar-refractivity contribution in [1.82, 2.24) is 4.98 Å². The van der Waals surface area contributed by atoms with Gasteiger partial charge < -0.3 is 4.74 Å². The predicted octanol–water partition coefficient (Wildman–Crippen LogP) is 3.49. The van der Waals surface area contributed by atoms with E-state index in [-0.39, 0.29) is 17.8 Å². The van der Waals surface area contributed by atoms with E-state index >= 15 is 0 Å². The van der Waals surface area contributed by atoms with Crippen LogP contribution in [-0.4, -0.2) is 16.9 Å². The Balaban J connectivity index is 1.76. The number of ketones is 1. The van der Waals surface area contributed by atoms with Gasteiger partial charge in [0.25, 0.3) is 0 Å². The molecule has 0 spiro atoms. The minimum absolute atomic E-state index is 0.106. The van der Waals surface area contributed by atoms with Crippen molar-refractivity contribution in [2.75, 3.05) is 0 Å². The Bertz CT molecular complexity index is 483. The highest BCUT2D eigenvalue weighted by Gasteiger charge is 2.43. The normalized spacial score (nSPS) is 28.9. The summed E-state index contributed by atoms with van der Waals surface area (Å²) in [5, 5.41) is 0. The molecule has 0 radical (unpaired) electrons. The number of Topliss-reactive ketones (excluding diaryl/α,β-unsaturated/α-hetero) is 1. The van der Waals surface area contributed by atoms with E-state index in [9.17, 15) is 4.79 Å². The monoisotopic (exact) mass is 259 g/mol. The van der Waals surface area contributed by atoms with Crippen molar-refractivity contribution in [2.24, 2.45) is 17.8 Å². The Hall–Kier alpha value is -1.38.